The molecule has 1 amide bonds. The molecule has 32 heavy (non-hydrogen) atoms. The van der Waals surface area contributed by atoms with Gasteiger partial charge in [0, 0.05) is 29.1 Å². The van der Waals surface area contributed by atoms with Crippen LogP contribution in [0.15, 0.2) is 36.4 Å². The van der Waals surface area contributed by atoms with Crippen molar-refractivity contribution in [2.45, 2.75) is 44.8 Å². The summed E-state index contributed by atoms with van der Waals surface area (Å²) in [7, 11) is 0. The van der Waals surface area contributed by atoms with Gasteiger partial charge >= 0.3 is 0 Å². The van der Waals surface area contributed by atoms with Crippen LogP contribution in [0.1, 0.15) is 41.9 Å². The van der Waals surface area contributed by atoms with Gasteiger partial charge in [-0.2, -0.15) is 0 Å². The third kappa shape index (κ3) is 5.82. The molecule has 2 unspecified atom stereocenters. The van der Waals surface area contributed by atoms with Crippen LogP contribution in [0.5, 0.6) is 0 Å². The molecule has 2 heterocycles. The van der Waals surface area contributed by atoms with E-state index in [0.29, 0.717) is 36.3 Å². The molecule has 4 nitrogen and oxygen atoms in total. The lowest BCUT2D eigenvalue weighted by Crippen LogP contribution is -2.48. The molecule has 2 aliphatic heterocycles. The first-order chi connectivity index (χ1) is 15.4. The normalized spacial score (nSPS) is 21.8. The molecule has 2 atom stereocenters. The number of piperidine rings is 1. The fourth-order valence-electron chi connectivity index (χ4n) is 4.84. The maximum atomic E-state index is 13.8. The molecule has 2 aliphatic rings. The Morgan fingerprint density at radius 1 is 1.09 bits per heavy atom. The van der Waals surface area contributed by atoms with Crippen molar-refractivity contribution in [3.63, 3.8) is 0 Å². The Bertz CT molecular complexity index is 945. The molecule has 2 aromatic rings. The van der Waals surface area contributed by atoms with Gasteiger partial charge in [0.1, 0.15) is 5.82 Å². The van der Waals surface area contributed by atoms with Crippen molar-refractivity contribution in [2.75, 3.05) is 32.7 Å². The largest absolute Gasteiger partial charge is 0.373 e. The van der Waals surface area contributed by atoms with Crippen LogP contribution in [0, 0.1) is 12.7 Å². The summed E-state index contributed by atoms with van der Waals surface area (Å²) < 4.78 is 20.1. The van der Waals surface area contributed by atoms with E-state index in [-0.39, 0.29) is 23.7 Å². The topological polar surface area (TPSA) is 32.8 Å². The van der Waals surface area contributed by atoms with E-state index in [9.17, 15) is 9.18 Å². The number of hydrogen-bond acceptors (Lipinski definition) is 3. The van der Waals surface area contributed by atoms with Crippen molar-refractivity contribution in [1.82, 2.24) is 9.80 Å². The van der Waals surface area contributed by atoms with E-state index < -0.39 is 0 Å². The highest BCUT2D eigenvalue weighted by molar-refractivity contribution is 6.34. The van der Waals surface area contributed by atoms with Crippen LogP contribution in [0.3, 0.4) is 0 Å². The standard InChI is InChI=1S/C25H29Cl2FN2O2/c1-17-10-21(28)4-5-22(17)23-14-30(25(31)15-29-7-2-3-8-29)9-6-24(23)32-16-18-11-19(26)13-20(27)12-18/h4-5,10-13,23-24H,2-3,6-9,14-16H2,1H3. The van der Waals surface area contributed by atoms with Gasteiger partial charge < -0.3 is 9.64 Å². The minimum Gasteiger partial charge on any atom is -0.373 e. The molecule has 0 saturated carbocycles. The highest BCUT2D eigenvalue weighted by Crippen LogP contribution is 2.33. The highest BCUT2D eigenvalue weighted by Gasteiger charge is 2.34. The SMILES string of the molecule is Cc1cc(F)ccc1C1CN(C(=O)CN2CCCC2)CCC1OCc1cc(Cl)cc(Cl)c1. The van der Waals surface area contributed by atoms with E-state index in [1.165, 1.54) is 6.07 Å². The van der Waals surface area contributed by atoms with Crippen molar-refractivity contribution < 1.29 is 13.9 Å². The molecule has 7 heteroatoms. The molecule has 0 N–H and O–H groups in total. The maximum Gasteiger partial charge on any atom is 0.236 e. The minimum absolute atomic E-state index is 0.0264. The van der Waals surface area contributed by atoms with Gasteiger partial charge in [-0.1, -0.05) is 29.3 Å². The number of carbonyl (C=O) groups is 1. The van der Waals surface area contributed by atoms with Crippen LogP contribution in [0.4, 0.5) is 4.39 Å². The smallest absolute Gasteiger partial charge is 0.236 e. The van der Waals surface area contributed by atoms with Crippen molar-refractivity contribution in [3.05, 3.63) is 69.0 Å². The van der Waals surface area contributed by atoms with Crippen LogP contribution in [-0.2, 0) is 16.1 Å². The van der Waals surface area contributed by atoms with Crippen molar-refractivity contribution in [3.8, 4) is 0 Å². The summed E-state index contributed by atoms with van der Waals surface area (Å²) >= 11 is 12.3. The van der Waals surface area contributed by atoms with Gasteiger partial charge in [-0.25, -0.2) is 4.39 Å². The van der Waals surface area contributed by atoms with E-state index in [2.05, 4.69) is 4.90 Å². The molecular weight excluding hydrogens is 450 g/mol. The zero-order chi connectivity index (χ0) is 22.7. The first kappa shape index (κ1) is 23.5. The van der Waals surface area contributed by atoms with E-state index in [4.69, 9.17) is 27.9 Å². The molecule has 2 aromatic carbocycles. The number of aryl methyl sites for hydroxylation is 1. The van der Waals surface area contributed by atoms with Crippen LogP contribution in [0.25, 0.3) is 0 Å². The number of halogens is 3. The Labute approximate surface area is 199 Å². The zero-order valence-electron chi connectivity index (χ0n) is 18.3. The second-order valence-electron chi connectivity index (χ2n) is 8.85. The van der Waals surface area contributed by atoms with Gasteiger partial charge in [-0.3, -0.25) is 9.69 Å². The Morgan fingerprint density at radius 3 is 2.50 bits per heavy atom. The number of ether oxygens (including phenoxy) is 1. The van der Waals surface area contributed by atoms with Crippen LogP contribution in [0.2, 0.25) is 10.0 Å². The quantitative estimate of drug-likeness (QED) is 0.554. The highest BCUT2D eigenvalue weighted by atomic mass is 35.5. The van der Waals surface area contributed by atoms with Crippen molar-refractivity contribution >= 4 is 29.1 Å². The number of amides is 1. The van der Waals surface area contributed by atoms with Crippen LogP contribution >= 0.6 is 23.2 Å². The van der Waals surface area contributed by atoms with E-state index in [1.54, 1.807) is 12.1 Å². The van der Waals surface area contributed by atoms with E-state index in [0.717, 1.165) is 49.0 Å². The van der Waals surface area contributed by atoms with E-state index >= 15 is 0 Å². The lowest BCUT2D eigenvalue weighted by atomic mass is 9.85. The average Bonchev–Trinajstić information content (AvgIpc) is 3.25. The Kier molecular flexibility index (Phi) is 7.72. The molecule has 0 bridgehead atoms. The molecule has 0 spiro atoms. The number of benzene rings is 2. The number of likely N-dealkylation sites (tertiary alicyclic amines) is 2. The Balaban J connectivity index is 1.50. The number of hydrogen-bond donors (Lipinski definition) is 0. The van der Waals surface area contributed by atoms with Gasteiger partial charge in [0.2, 0.25) is 5.91 Å². The molecular formula is C25H29Cl2FN2O2. The van der Waals surface area contributed by atoms with Gasteiger partial charge in [-0.15, -0.1) is 0 Å². The predicted octanol–water partition coefficient (Wildman–Crippen LogP) is 5.44. The number of carbonyl (C=O) groups excluding carboxylic acids is 1. The lowest BCUT2D eigenvalue weighted by molar-refractivity contribution is -0.135. The first-order valence-corrected chi connectivity index (χ1v) is 12.0. The summed E-state index contributed by atoms with van der Waals surface area (Å²) in [6.45, 7) is 5.98. The number of nitrogens with zero attached hydrogens (tertiary/aromatic N) is 2. The van der Waals surface area contributed by atoms with Crippen LogP contribution < -0.4 is 0 Å². The molecule has 0 radical (unpaired) electrons. The number of rotatable bonds is 6. The molecule has 2 saturated heterocycles. The second kappa shape index (κ2) is 10.5. The summed E-state index contributed by atoms with van der Waals surface area (Å²) in [5.41, 5.74) is 2.81. The van der Waals surface area contributed by atoms with Crippen LogP contribution in [-0.4, -0.2) is 54.5 Å². The van der Waals surface area contributed by atoms with Crippen molar-refractivity contribution in [1.29, 1.82) is 0 Å². The summed E-state index contributed by atoms with van der Waals surface area (Å²) in [6, 6.07) is 10.3. The monoisotopic (exact) mass is 478 g/mol. The lowest BCUT2D eigenvalue weighted by Gasteiger charge is -2.40. The fourth-order valence-corrected chi connectivity index (χ4v) is 5.41. The van der Waals surface area contributed by atoms with Gasteiger partial charge in [0.05, 0.1) is 19.3 Å². The fraction of sp³-hybridized carbons (Fsp3) is 0.480. The van der Waals surface area contributed by atoms with Gasteiger partial charge in [-0.05, 0) is 86.3 Å². The van der Waals surface area contributed by atoms with Gasteiger partial charge in [0.25, 0.3) is 0 Å². The average molecular weight is 479 g/mol. The van der Waals surface area contributed by atoms with E-state index in [1.807, 2.05) is 30.0 Å². The third-order valence-electron chi connectivity index (χ3n) is 6.48. The molecule has 0 aliphatic carbocycles. The molecule has 2 fully saturated rings. The molecule has 0 aromatic heterocycles. The molecule has 172 valence electrons. The Hall–Kier alpha value is -1.66. The Morgan fingerprint density at radius 2 is 1.81 bits per heavy atom. The second-order valence-corrected chi connectivity index (χ2v) is 9.72. The maximum absolute atomic E-state index is 13.8. The predicted molar refractivity (Wildman–Crippen MR) is 126 cm³/mol. The van der Waals surface area contributed by atoms with Crippen molar-refractivity contribution in [2.24, 2.45) is 0 Å². The summed E-state index contributed by atoms with van der Waals surface area (Å²) in [4.78, 5) is 17.2. The van der Waals surface area contributed by atoms with Gasteiger partial charge in [0.15, 0.2) is 0 Å². The minimum atomic E-state index is -0.255. The summed E-state index contributed by atoms with van der Waals surface area (Å²) in [5, 5.41) is 1.15. The third-order valence-corrected chi connectivity index (χ3v) is 6.91. The first-order valence-electron chi connectivity index (χ1n) is 11.2. The zero-order valence-corrected chi connectivity index (χ0v) is 19.8. The summed E-state index contributed by atoms with van der Waals surface area (Å²) in [5.74, 6) is -0.117. The summed E-state index contributed by atoms with van der Waals surface area (Å²) in [6.07, 6.45) is 2.96. The molecule has 4 rings (SSSR count).